The Labute approximate surface area is 128 Å². The molecule has 3 aliphatic rings. The summed E-state index contributed by atoms with van der Waals surface area (Å²) in [4.78, 5) is 2.87. The third-order valence-electron chi connectivity index (χ3n) is 5.90. The second kappa shape index (κ2) is 5.73. The average molecular weight is 284 g/mol. The quantitative estimate of drug-likeness (QED) is 0.907. The summed E-state index contributed by atoms with van der Waals surface area (Å²) in [5, 5.41) is 3.80. The number of aryl methyl sites for hydroxylation is 1. The van der Waals surface area contributed by atoms with Gasteiger partial charge in [0.05, 0.1) is 0 Å². The minimum absolute atomic E-state index is 0.684. The predicted molar refractivity (Wildman–Crippen MR) is 87.5 cm³/mol. The van der Waals surface area contributed by atoms with E-state index in [0.29, 0.717) is 6.04 Å². The fourth-order valence-corrected chi connectivity index (χ4v) is 5.03. The average Bonchev–Trinajstić information content (AvgIpc) is 3.08. The highest BCUT2D eigenvalue weighted by Crippen LogP contribution is 2.40. The minimum Gasteiger partial charge on any atom is -0.311 e. The topological polar surface area (TPSA) is 15.3 Å². The second-order valence-electron chi connectivity index (χ2n) is 7.25. The molecule has 2 heterocycles. The smallest absolute Gasteiger partial charge is 0.0356 e. The van der Waals surface area contributed by atoms with Crippen molar-refractivity contribution in [3.05, 3.63) is 35.4 Å². The largest absolute Gasteiger partial charge is 0.311 e. The summed E-state index contributed by atoms with van der Waals surface area (Å²) in [5.74, 6) is 0. The van der Waals surface area contributed by atoms with Crippen LogP contribution in [0.3, 0.4) is 0 Å². The van der Waals surface area contributed by atoms with E-state index >= 15 is 0 Å². The van der Waals surface area contributed by atoms with E-state index < -0.39 is 0 Å². The molecule has 1 aromatic carbocycles. The SMILES string of the molecule is CCCN(C1CC2CCC(C1)N2)C1CCc2ccccc21. The molecule has 0 spiro atoms. The maximum absolute atomic E-state index is 3.80. The summed E-state index contributed by atoms with van der Waals surface area (Å²) in [6.07, 6.45) is 9.44. The van der Waals surface area contributed by atoms with Crippen molar-refractivity contribution in [1.29, 1.82) is 0 Å². The number of benzene rings is 1. The maximum atomic E-state index is 3.80. The molecule has 21 heavy (non-hydrogen) atoms. The van der Waals surface area contributed by atoms with Gasteiger partial charge >= 0.3 is 0 Å². The summed E-state index contributed by atoms with van der Waals surface area (Å²) in [5.41, 5.74) is 3.22. The first-order valence-electron chi connectivity index (χ1n) is 8.94. The van der Waals surface area contributed by atoms with Crippen LogP contribution in [-0.2, 0) is 6.42 Å². The van der Waals surface area contributed by atoms with Crippen LogP contribution in [0.2, 0.25) is 0 Å². The van der Waals surface area contributed by atoms with Crippen molar-refractivity contribution < 1.29 is 0 Å². The van der Waals surface area contributed by atoms with Crippen LogP contribution in [0.15, 0.2) is 24.3 Å². The first-order chi connectivity index (χ1) is 10.3. The molecule has 2 bridgehead atoms. The van der Waals surface area contributed by atoms with Crippen LogP contribution in [0.5, 0.6) is 0 Å². The van der Waals surface area contributed by atoms with Gasteiger partial charge in [0.25, 0.3) is 0 Å². The molecule has 2 nitrogen and oxygen atoms in total. The van der Waals surface area contributed by atoms with Crippen molar-refractivity contribution >= 4 is 0 Å². The van der Waals surface area contributed by atoms with E-state index in [2.05, 4.69) is 41.4 Å². The highest BCUT2D eigenvalue weighted by Gasteiger charge is 2.39. The number of nitrogens with one attached hydrogen (secondary N) is 1. The number of piperidine rings is 1. The number of hydrogen-bond donors (Lipinski definition) is 1. The van der Waals surface area contributed by atoms with Gasteiger partial charge in [0.1, 0.15) is 0 Å². The molecule has 4 rings (SSSR count). The third-order valence-corrected chi connectivity index (χ3v) is 5.90. The van der Waals surface area contributed by atoms with Gasteiger partial charge in [-0.1, -0.05) is 31.2 Å². The zero-order valence-electron chi connectivity index (χ0n) is 13.2. The molecule has 0 saturated carbocycles. The zero-order valence-corrected chi connectivity index (χ0v) is 13.2. The molecule has 1 N–H and O–H groups in total. The molecule has 1 aliphatic carbocycles. The van der Waals surface area contributed by atoms with E-state index in [1.54, 1.807) is 11.1 Å². The van der Waals surface area contributed by atoms with E-state index in [1.807, 2.05) is 0 Å². The van der Waals surface area contributed by atoms with Crippen molar-refractivity contribution in [1.82, 2.24) is 10.2 Å². The molecule has 3 atom stereocenters. The molecule has 3 unspecified atom stereocenters. The van der Waals surface area contributed by atoms with E-state index in [0.717, 1.165) is 18.1 Å². The third kappa shape index (κ3) is 2.53. The Morgan fingerprint density at radius 3 is 2.62 bits per heavy atom. The molecular formula is C19H28N2. The van der Waals surface area contributed by atoms with Gasteiger partial charge in [-0.05, 0) is 62.6 Å². The summed E-state index contributed by atoms with van der Waals surface area (Å²) in [6.45, 7) is 3.60. The van der Waals surface area contributed by atoms with Crippen molar-refractivity contribution in [2.75, 3.05) is 6.54 Å². The maximum Gasteiger partial charge on any atom is 0.0356 e. The molecule has 0 amide bonds. The second-order valence-corrected chi connectivity index (χ2v) is 7.25. The molecule has 2 aliphatic heterocycles. The fourth-order valence-electron chi connectivity index (χ4n) is 5.03. The first-order valence-corrected chi connectivity index (χ1v) is 8.94. The highest BCUT2D eigenvalue weighted by atomic mass is 15.2. The molecular weight excluding hydrogens is 256 g/mol. The Morgan fingerprint density at radius 1 is 1.10 bits per heavy atom. The van der Waals surface area contributed by atoms with Crippen LogP contribution in [0.25, 0.3) is 0 Å². The van der Waals surface area contributed by atoms with Crippen LogP contribution in [-0.4, -0.2) is 29.6 Å². The van der Waals surface area contributed by atoms with Crippen LogP contribution in [0.4, 0.5) is 0 Å². The Bertz CT molecular complexity index is 486. The van der Waals surface area contributed by atoms with Gasteiger partial charge in [-0.2, -0.15) is 0 Å². The molecule has 2 fully saturated rings. The van der Waals surface area contributed by atoms with E-state index in [9.17, 15) is 0 Å². The van der Waals surface area contributed by atoms with Crippen molar-refractivity contribution in [2.45, 2.75) is 76.0 Å². The number of fused-ring (bicyclic) bond motifs is 3. The molecule has 1 aromatic rings. The van der Waals surface area contributed by atoms with Gasteiger partial charge in [-0.3, -0.25) is 4.90 Å². The van der Waals surface area contributed by atoms with Gasteiger partial charge in [0, 0.05) is 24.2 Å². The summed E-state index contributed by atoms with van der Waals surface area (Å²) in [7, 11) is 0. The minimum atomic E-state index is 0.684. The van der Waals surface area contributed by atoms with Crippen LogP contribution >= 0.6 is 0 Å². The van der Waals surface area contributed by atoms with Crippen LogP contribution < -0.4 is 5.32 Å². The molecule has 114 valence electrons. The standard InChI is InChI=1S/C19H28N2/c1-2-11-21(17-12-15-8-9-16(13-17)20-15)19-10-7-14-5-3-4-6-18(14)19/h3-6,15-17,19-20H,2,7-13H2,1H3. The number of nitrogens with zero attached hydrogens (tertiary/aromatic N) is 1. The molecule has 0 aromatic heterocycles. The molecule has 0 radical (unpaired) electrons. The van der Waals surface area contributed by atoms with Crippen molar-refractivity contribution in [3.63, 3.8) is 0 Å². The molecule has 2 heteroatoms. The van der Waals surface area contributed by atoms with E-state index in [-0.39, 0.29) is 0 Å². The highest BCUT2D eigenvalue weighted by molar-refractivity contribution is 5.34. The lowest BCUT2D eigenvalue weighted by Crippen LogP contribution is -2.49. The number of hydrogen-bond acceptors (Lipinski definition) is 2. The summed E-state index contributed by atoms with van der Waals surface area (Å²) < 4.78 is 0. The van der Waals surface area contributed by atoms with Gasteiger partial charge in [0.2, 0.25) is 0 Å². The van der Waals surface area contributed by atoms with Gasteiger partial charge < -0.3 is 5.32 Å². The number of rotatable bonds is 4. The van der Waals surface area contributed by atoms with Crippen molar-refractivity contribution in [2.24, 2.45) is 0 Å². The predicted octanol–water partition coefficient (Wildman–Crippen LogP) is 3.67. The van der Waals surface area contributed by atoms with Gasteiger partial charge in [-0.15, -0.1) is 0 Å². The Morgan fingerprint density at radius 2 is 1.86 bits per heavy atom. The van der Waals surface area contributed by atoms with Crippen molar-refractivity contribution in [3.8, 4) is 0 Å². The Hall–Kier alpha value is -0.860. The Kier molecular flexibility index (Phi) is 3.76. The van der Waals surface area contributed by atoms with Gasteiger partial charge in [-0.25, -0.2) is 0 Å². The normalized spacial score (nSPS) is 34.4. The lowest BCUT2D eigenvalue weighted by molar-refractivity contribution is 0.0932. The summed E-state index contributed by atoms with van der Waals surface area (Å²) >= 11 is 0. The lowest BCUT2D eigenvalue weighted by Gasteiger charge is -2.41. The zero-order chi connectivity index (χ0) is 14.2. The Balaban J connectivity index is 1.57. The summed E-state index contributed by atoms with van der Waals surface area (Å²) in [6, 6.07) is 12.2. The van der Waals surface area contributed by atoms with Gasteiger partial charge in [0.15, 0.2) is 0 Å². The molecule has 2 saturated heterocycles. The monoisotopic (exact) mass is 284 g/mol. The van der Waals surface area contributed by atoms with Crippen LogP contribution in [0.1, 0.15) is 62.6 Å². The lowest BCUT2D eigenvalue weighted by atomic mass is 9.95. The first kappa shape index (κ1) is 13.8. The van der Waals surface area contributed by atoms with Crippen LogP contribution in [0, 0.1) is 0 Å². The van der Waals surface area contributed by atoms with E-state index in [4.69, 9.17) is 0 Å². The fraction of sp³-hybridized carbons (Fsp3) is 0.684. The van der Waals surface area contributed by atoms with E-state index in [1.165, 1.54) is 51.5 Å².